The smallest absolute Gasteiger partial charge is 0.318 e. The van der Waals surface area contributed by atoms with Crippen molar-refractivity contribution in [2.75, 3.05) is 4.90 Å². The summed E-state index contributed by atoms with van der Waals surface area (Å²) in [6.45, 7) is 3.79. The van der Waals surface area contributed by atoms with Crippen LogP contribution in [0.2, 0.25) is 0 Å². The van der Waals surface area contributed by atoms with E-state index in [0.29, 0.717) is 5.69 Å². The summed E-state index contributed by atoms with van der Waals surface area (Å²) in [5.74, 6) is -0.425. The molecule has 1 aliphatic heterocycles. The Hall–Kier alpha value is -4.20. The van der Waals surface area contributed by atoms with Crippen molar-refractivity contribution in [3.63, 3.8) is 0 Å². The molecule has 1 N–H and O–H groups in total. The zero-order chi connectivity index (χ0) is 21.4. The highest BCUT2D eigenvalue weighted by molar-refractivity contribution is 6.28. The van der Waals surface area contributed by atoms with Gasteiger partial charge in [0.1, 0.15) is 5.70 Å². The van der Waals surface area contributed by atoms with Crippen LogP contribution in [0, 0.1) is 24.0 Å². The number of nitro benzene ring substituents is 1. The van der Waals surface area contributed by atoms with Crippen LogP contribution in [0.4, 0.5) is 16.2 Å². The molecule has 3 aromatic rings. The van der Waals surface area contributed by atoms with Crippen LogP contribution in [0.15, 0.2) is 66.4 Å². The highest BCUT2D eigenvalue weighted by Crippen LogP contribution is 2.26. The van der Waals surface area contributed by atoms with Gasteiger partial charge in [-0.3, -0.25) is 14.9 Å². The Morgan fingerprint density at radius 3 is 2.27 bits per heavy atom. The lowest BCUT2D eigenvalue weighted by molar-refractivity contribution is -0.384. The summed E-state index contributed by atoms with van der Waals surface area (Å²) in [4.78, 5) is 36.7. The molecular weight excluding hydrogens is 384 g/mol. The second-order valence-electron chi connectivity index (χ2n) is 6.90. The number of carbonyl (C=O) groups is 2. The molecule has 8 heteroatoms. The molecule has 0 unspecified atom stereocenters. The normalized spacial score (nSPS) is 15.0. The fraction of sp³-hybridized carbons (Fsp3) is 0.0909. The third-order valence-electron chi connectivity index (χ3n) is 4.98. The zero-order valence-electron chi connectivity index (χ0n) is 16.3. The molecule has 2 heterocycles. The molecule has 0 radical (unpaired) electrons. The van der Waals surface area contributed by atoms with E-state index < -0.39 is 16.9 Å². The summed E-state index contributed by atoms with van der Waals surface area (Å²) in [6, 6.07) is 16.4. The number of nitrogens with one attached hydrogen (secondary N) is 1. The van der Waals surface area contributed by atoms with Gasteiger partial charge in [0, 0.05) is 29.2 Å². The maximum absolute atomic E-state index is 12.8. The summed E-state index contributed by atoms with van der Waals surface area (Å²) in [7, 11) is 0. The highest BCUT2D eigenvalue weighted by atomic mass is 16.6. The number of imide groups is 1. The Bertz CT molecular complexity index is 1190. The number of rotatable bonds is 4. The third kappa shape index (κ3) is 3.24. The number of benzene rings is 2. The maximum atomic E-state index is 12.8. The summed E-state index contributed by atoms with van der Waals surface area (Å²) < 4.78 is 1.94. The Balaban J connectivity index is 1.68. The minimum absolute atomic E-state index is 0.0174. The van der Waals surface area contributed by atoms with E-state index in [0.717, 1.165) is 27.5 Å². The number of nitro groups is 1. The lowest BCUT2D eigenvalue weighted by atomic mass is 10.2. The first kappa shape index (κ1) is 19.1. The largest absolute Gasteiger partial charge is 0.333 e. The predicted octanol–water partition coefficient (Wildman–Crippen LogP) is 4.10. The van der Waals surface area contributed by atoms with Gasteiger partial charge in [0.05, 0.1) is 10.6 Å². The van der Waals surface area contributed by atoms with Crippen molar-refractivity contribution in [2.45, 2.75) is 13.8 Å². The summed E-state index contributed by atoms with van der Waals surface area (Å²) >= 11 is 0. The Morgan fingerprint density at radius 2 is 1.63 bits per heavy atom. The second kappa shape index (κ2) is 7.32. The molecule has 150 valence electrons. The van der Waals surface area contributed by atoms with E-state index in [-0.39, 0.29) is 11.4 Å². The molecule has 3 amide bonds. The summed E-state index contributed by atoms with van der Waals surface area (Å²) in [6.07, 6.45) is 1.65. The van der Waals surface area contributed by atoms with Crippen molar-refractivity contribution in [1.29, 1.82) is 0 Å². The van der Waals surface area contributed by atoms with E-state index in [4.69, 9.17) is 0 Å². The van der Waals surface area contributed by atoms with E-state index in [1.165, 1.54) is 12.1 Å². The van der Waals surface area contributed by atoms with E-state index in [9.17, 15) is 19.7 Å². The fourth-order valence-corrected chi connectivity index (χ4v) is 3.56. The molecule has 1 saturated heterocycles. The van der Waals surface area contributed by atoms with Crippen molar-refractivity contribution in [3.8, 4) is 5.69 Å². The minimum Gasteiger partial charge on any atom is -0.318 e. The molecule has 8 nitrogen and oxygen atoms in total. The number of aryl methyl sites for hydroxylation is 1. The summed E-state index contributed by atoms with van der Waals surface area (Å²) in [5, 5.41) is 13.5. The Labute approximate surface area is 172 Å². The number of carbonyl (C=O) groups excluding carboxylic acids is 2. The van der Waals surface area contributed by atoms with Gasteiger partial charge < -0.3 is 9.88 Å². The average Bonchev–Trinajstić information content (AvgIpc) is 3.17. The number of urea groups is 1. The fourth-order valence-electron chi connectivity index (χ4n) is 3.56. The van der Waals surface area contributed by atoms with Crippen LogP contribution in [-0.2, 0) is 4.79 Å². The van der Waals surface area contributed by atoms with E-state index in [1.807, 2.05) is 30.5 Å². The summed E-state index contributed by atoms with van der Waals surface area (Å²) in [5.41, 5.74) is 3.98. The van der Waals surface area contributed by atoms with Crippen molar-refractivity contribution in [3.05, 3.63) is 93.4 Å². The first-order valence-corrected chi connectivity index (χ1v) is 9.23. The molecule has 1 aromatic heterocycles. The van der Waals surface area contributed by atoms with Crippen molar-refractivity contribution >= 4 is 29.4 Å². The molecule has 30 heavy (non-hydrogen) atoms. The van der Waals surface area contributed by atoms with Gasteiger partial charge in [-0.15, -0.1) is 0 Å². The number of nitrogens with zero attached hydrogens (tertiary/aromatic N) is 3. The van der Waals surface area contributed by atoms with Gasteiger partial charge in [0.15, 0.2) is 0 Å². The topological polar surface area (TPSA) is 97.5 Å². The van der Waals surface area contributed by atoms with Gasteiger partial charge in [0.2, 0.25) is 0 Å². The monoisotopic (exact) mass is 402 g/mol. The molecule has 0 bridgehead atoms. The quantitative estimate of drug-likeness (QED) is 0.307. The van der Waals surface area contributed by atoms with Gasteiger partial charge in [-0.2, -0.15) is 0 Å². The number of amides is 3. The van der Waals surface area contributed by atoms with E-state index in [2.05, 4.69) is 5.32 Å². The van der Waals surface area contributed by atoms with Gasteiger partial charge in [-0.25, -0.2) is 9.69 Å². The van der Waals surface area contributed by atoms with Crippen molar-refractivity contribution < 1.29 is 14.5 Å². The highest BCUT2D eigenvalue weighted by Gasteiger charge is 2.34. The number of non-ortho nitro benzene ring substituents is 1. The van der Waals surface area contributed by atoms with Gasteiger partial charge in [-0.05, 0) is 55.8 Å². The Kier molecular flexibility index (Phi) is 4.67. The van der Waals surface area contributed by atoms with Crippen LogP contribution < -0.4 is 10.2 Å². The number of hydrogen-bond acceptors (Lipinski definition) is 4. The third-order valence-corrected chi connectivity index (χ3v) is 4.98. The van der Waals surface area contributed by atoms with Crippen LogP contribution in [0.25, 0.3) is 11.8 Å². The molecule has 0 spiro atoms. The SMILES string of the molecule is Cc1cc(/C=C2/NC(=O)N(c3ccccc3)C2=O)c(C)n1-c1ccc([N+](=O)[O-])cc1. The Morgan fingerprint density at radius 1 is 0.967 bits per heavy atom. The maximum Gasteiger partial charge on any atom is 0.333 e. The van der Waals surface area contributed by atoms with Crippen LogP contribution in [-0.4, -0.2) is 21.4 Å². The lowest BCUT2D eigenvalue weighted by Gasteiger charge is -2.11. The number of hydrogen-bond donors (Lipinski definition) is 1. The molecule has 0 aliphatic carbocycles. The van der Waals surface area contributed by atoms with Crippen LogP contribution in [0.3, 0.4) is 0 Å². The first-order chi connectivity index (χ1) is 14.4. The van der Waals surface area contributed by atoms with Gasteiger partial charge in [0.25, 0.3) is 11.6 Å². The molecule has 0 saturated carbocycles. The van der Waals surface area contributed by atoms with E-state index >= 15 is 0 Å². The predicted molar refractivity (Wildman–Crippen MR) is 112 cm³/mol. The molecule has 4 rings (SSSR count). The van der Waals surface area contributed by atoms with Crippen molar-refractivity contribution in [1.82, 2.24) is 9.88 Å². The van der Waals surface area contributed by atoms with Crippen molar-refractivity contribution in [2.24, 2.45) is 0 Å². The second-order valence-corrected chi connectivity index (χ2v) is 6.90. The molecule has 1 aliphatic rings. The zero-order valence-corrected chi connectivity index (χ0v) is 16.3. The van der Waals surface area contributed by atoms with Gasteiger partial charge in [-0.1, -0.05) is 18.2 Å². The van der Waals surface area contributed by atoms with Crippen LogP contribution in [0.1, 0.15) is 17.0 Å². The van der Waals surface area contributed by atoms with Crippen LogP contribution >= 0.6 is 0 Å². The molecule has 1 fully saturated rings. The molecular formula is C22H18N4O4. The minimum atomic E-state index is -0.498. The van der Waals surface area contributed by atoms with Gasteiger partial charge >= 0.3 is 6.03 Å². The van der Waals surface area contributed by atoms with Crippen LogP contribution in [0.5, 0.6) is 0 Å². The number of aromatic nitrogens is 1. The molecule has 0 atom stereocenters. The first-order valence-electron chi connectivity index (χ1n) is 9.23. The van der Waals surface area contributed by atoms with E-state index in [1.54, 1.807) is 42.5 Å². The standard InChI is InChI=1S/C22H18N4O4/c1-14-12-16(15(2)24(14)18-8-10-19(11-9-18)26(29)30)13-20-21(27)25(22(28)23-20)17-6-4-3-5-7-17/h3-13H,1-2H3,(H,23,28)/b20-13+. The number of anilines is 1. The average molecular weight is 402 g/mol. The molecule has 2 aromatic carbocycles. The number of para-hydroxylation sites is 1. The lowest BCUT2D eigenvalue weighted by Crippen LogP contribution is -2.30.